The maximum absolute atomic E-state index is 14.0. The van der Waals surface area contributed by atoms with Gasteiger partial charge in [-0.05, 0) is 31.2 Å². The summed E-state index contributed by atoms with van der Waals surface area (Å²) in [4.78, 5) is 12.4. The number of rotatable bonds is 7. The van der Waals surface area contributed by atoms with Gasteiger partial charge in [-0.25, -0.2) is 8.78 Å². The van der Waals surface area contributed by atoms with Crippen molar-refractivity contribution >= 4 is 5.97 Å². The van der Waals surface area contributed by atoms with Crippen molar-refractivity contribution in [2.45, 2.75) is 38.2 Å². The third-order valence-electron chi connectivity index (χ3n) is 5.75. The van der Waals surface area contributed by atoms with Crippen LogP contribution in [-0.4, -0.2) is 41.6 Å². The van der Waals surface area contributed by atoms with Crippen LogP contribution in [0.15, 0.2) is 36.4 Å². The summed E-state index contributed by atoms with van der Waals surface area (Å²) in [5.74, 6) is -1.31. The van der Waals surface area contributed by atoms with Crippen LogP contribution in [0.25, 0.3) is 5.69 Å². The van der Waals surface area contributed by atoms with Gasteiger partial charge in [0.15, 0.2) is 17.3 Å². The lowest BCUT2D eigenvalue weighted by Crippen LogP contribution is -2.17. The van der Waals surface area contributed by atoms with Gasteiger partial charge in [0.05, 0.1) is 38.5 Å². The molecule has 13 heteroatoms. The molecule has 4 rings (SSSR count). The Balaban J connectivity index is 2.02. The number of carbonyl (C=O) groups is 1. The first kappa shape index (κ1) is 26.3. The minimum absolute atomic E-state index is 0.0445. The van der Waals surface area contributed by atoms with E-state index in [0.29, 0.717) is 0 Å². The lowest BCUT2D eigenvalue weighted by Gasteiger charge is -2.25. The second-order valence-electron chi connectivity index (χ2n) is 7.92. The number of carbonyl (C=O) groups excluding carboxylic acids is 1. The standard InChI is InChI=1S/C24H22F5N3O5/c1-4-36-18(33)11-17-22-30-31-23(21(25)26)32(22)15-9-8-12(24(27,28)29)10-14(15)19(37-17)13-6-5-7-16(34-2)20(13)35-3/h5-10,17,19,21H,4,11H2,1-3H3/t17-,19-/m1/s1. The molecule has 8 nitrogen and oxygen atoms in total. The number of nitrogens with zero attached hydrogens (tertiary/aromatic N) is 3. The molecule has 0 saturated heterocycles. The van der Waals surface area contributed by atoms with E-state index in [0.717, 1.165) is 22.8 Å². The van der Waals surface area contributed by atoms with Crippen molar-refractivity contribution < 1.29 is 45.7 Å². The number of para-hydroxylation sites is 1. The molecule has 0 bridgehead atoms. The number of fused-ring (bicyclic) bond motifs is 3. The highest BCUT2D eigenvalue weighted by Crippen LogP contribution is 2.47. The maximum Gasteiger partial charge on any atom is 0.416 e. The molecule has 1 aliphatic rings. The van der Waals surface area contributed by atoms with Crippen LogP contribution in [0, 0.1) is 0 Å². The monoisotopic (exact) mass is 527 g/mol. The topological polar surface area (TPSA) is 84.7 Å². The van der Waals surface area contributed by atoms with Crippen LogP contribution < -0.4 is 9.47 Å². The fraction of sp³-hybridized carbons (Fsp3) is 0.375. The zero-order valence-electron chi connectivity index (χ0n) is 19.9. The van der Waals surface area contributed by atoms with E-state index in [1.165, 1.54) is 20.3 Å². The Morgan fingerprint density at radius 1 is 1.11 bits per heavy atom. The van der Waals surface area contributed by atoms with Crippen molar-refractivity contribution in [2.24, 2.45) is 0 Å². The highest BCUT2D eigenvalue weighted by molar-refractivity contribution is 5.70. The number of alkyl halides is 5. The Bertz CT molecular complexity index is 1290. The molecule has 37 heavy (non-hydrogen) atoms. The molecule has 3 aromatic rings. The van der Waals surface area contributed by atoms with E-state index < -0.39 is 48.6 Å². The van der Waals surface area contributed by atoms with Gasteiger partial charge in [-0.3, -0.25) is 9.36 Å². The molecule has 0 spiro atoms. The molecule has 0 aliphatic carbocycles. The van der Waals surface area contributed by atoms with Crippen LogP contribution in [0.3, 0.4) is 0 Å². The van der Waals surface area contributed by atoms with Gasteiger partial charge in [-0.2, -0.15) is 13.2 Å². The minimum atomic E-state index is -4.74. The Kier molecular flexibility index (Phi) is 7.35. The van der Waals surface area contributed by atoms with Crippen molar-refractivity contribution in [3.63, 3.8) is 0 Å². The summed E-state index contributed by atoms with van der Waals surface area (Å²) in [6.07, 6.45) is -10.9. The number of benzene rings is 2. The van der Waals surface area contributed by atoms with Crippen molar-refractivity contribution in [2.75, 3.05) is 20.8 Å². The van der Waals surface area contributed by atoms with Crippen LogP contribution in [0.4, 0.5) is 22.0 Å². The van der Waals surface area contributed by atoms with Gasteiger partial charge in [0.25, 0.3) is 6.43 Å². The first-order valence-electron chi connectivity index (χ1n) is 11.1. The summed E-state index contributed by atoms with van der Waals surface area (Å²) >= 11 is 0. The number of hydrogen-bond donors (Lipinski definition) is 0. The van der Waals surface area contributed by atoms with Gasteiger partial charge < -0.3 is 18.9 Å². The summed E-state index contributed by atoms with van der Waals surface area (Å²) < 4.78 is 92.0. The molecular formula is C24H22F5N3O5. The minimum Gasteiger partial charge on any atom is -0.493 e. The highest BCUT2D eigenvalue weighted by atomic mass is 19.4. The van der Waals surface area contributed by atoms with E-state index in [4.69, 9.17) is 18.9 Å². The number of hydrogen-bond acceptors (Lipinski definition) is 7. The van der Waals surface area contributed by atoms with Crippen LogP contribution >= 0.6 is 0 Å². The molecule has 0 saturated carbocycles. The second kappa shape index (κ2) is 10.3. The molecule has 0 amide bonds. The average Bonchev–Trinajstić information content (AvgIpc) is 3.25. The zero-order chi connectivity index (χ0) is 26.9. The number of methoxy groups -OCH3 is 2. The zero-order valence-corrected chi connectivity index (χ0v) is 19.9. The van der Waals surface area contributed by atoms with Crippen LogP contribution in [-0.2, 0) is 20.4 Å². The van der Waals surface area contributed by atoms with E-state index in [-0.39, 0.29) is 40.7 Å². The fourth-order valence-corrected chi connectivity index (χ4v) is 4.22. The van der Waals surface area contributed by atoms with Gasteiger partial charge in [-0.1, -0.05) is 12.1 Å². The predicted octanol–water partition coefficient (Wildman–Crippen LogP) is 5.35. The largest absolute Gasteiger partial charge is 0.493 e. The molecule has 0 N–H and O–H groups in total. The van der Waals surface area contributed by atoms with E-state index in [1.54, 1.807) is 19.1 Å². The normalized spacial score (nSPS) is 17.1. The molecular weight excluding hydrogens is 505 g/mol. The summed E-state index contributed by atoms with van der Waals surface area (Å²) in [7, 11) is 2.72. The highest BCUT2D eigenvalue weighted by Gasteiger charge is 2.40. The number of esters is 1. The van der Waals surface area contributed by atoms with Gasteiger partial charge >= 0.3 is 12.1 Å². The molecule has 2 atom stereocenters. The lowest BCUT2D eigenvalue weighted by atomic mass is 9.96. The predicted molar refractivity (Wildman–Crippen MR) is 118 cm³/mol. The second-order valence-corrected chi connectivity index (χ2v) is 7.92. The molecule has 0 unspecified atom stereocenters. The van der Waals surface area contributed by atoms with Gasteiger partial charge in [0.2, 0.25) is 5.82 Å². The van der Waals surface area contributed by atoms with Crippen LogP contribution in [0.2, 0.25) is 0 Å². The summed E-state index contributed by atoms with van der Waals surface area (Å²) in [5, 5.41) is 7.36. The third kappa shape index (κ3) is 4.95. The SMILES string of the molecule is CCOC(=O)C[C@H]1O[C@H](c2cccc(OC)c2OC)c2cc(C(F)(F)F)ccc2-n2c(C(F)F)nnc21. The summed E-state index contributed by atoms with van der Waals surface area (Å²) in [6.45, 7) is 1.63. The number of ether oxygens (including phenoxy) is 4. The maximum atomic E-state index is 14.0. The van der Waals surface area contributed by atoms with E-state index >= 15 is 0 Å². The first-order valence-corrected chi connectivity index (χ1v) is 11.1. The molecule has 2 heterocycles. The number of aromatic nitrogens is 3. The first-order chi connectivity index (χ1) is 17.6. The molecule has 1 aliphatic heterocycles. The molecule has 0 fully saturated rings. The van der Waals surface area contributed by atoms with Crippen molar-refractivity contribution in [1.82, 2.24) is 14.8 Å². The average molecular weight is 527 g/mol. The summed E-state index contributed by atoms with van der Waals surface area (Å²) in [5.41, 5.74) is -0.965. The lowest BCUT2D eigenvalue weighted by molar-refractivity contribution is -0.147. The van der Waals surface area contributed by atoms with Crippen LogP contribution in [0.1, 0.15) is 60.3 Å². The van der Waals surface area contributed by atoms with Crippen LogP contribution in [0.5, 0.6) is 11.5 Å². The molecule has 0 radical (unpaired) electrons. The smallest absolute Gasteiger partial charge is 0.416 e. The molecule has 1 aromatic heterocycles. The van der Waals surface area contributed by atoms with Gasteiger partial charge in [-0.15, -0.1) is 10.2 Å². The molecule has 2 aromatic carbocycles. The Labute approximate surface area is 207 Å². The van der Waals surface area contributed by atoms with E-state index in [1.807, 2.05) is 0 Å². The molecule has 198 valence electrons. The van der Waals surface area contributed by atoms with Gasteiger partial charge in [0.1, 0.15) is 12.2 Å². The quantitative estimate of drug-likeness (QED) is 0.302. The number of halogens is 5. The fourth-order valence-electron chi connectivity index (χ4n) is 4.22. The van der Waals surface area contributed by atoms with E-state index in [9.17, 15) is 26.7 Å². The van der Waals surface area contributed by atoms with E-state index in [2.05, 4.69) is 10.2 Å². The Morgan fingerprint density at radius 2 is 1.86 bits per heavy atom. The van der Waals surface area contributed by atoms with Gasteiger partial charge in [0, 0.05) is 11.1 Å². The summed E-state index contributed by atoms with van der Waals surface area (Å²) in [6, 6.07) is 7.31. The van der Waals surface area contributed by atoms with Crippen molar-refractivity contribution in [3.05, 3.63) is 64.7 Å². The Hall–Kier alpha value is -3.74. The van der Waals surface area contributed by atoms with Crippen molar-refractivity contribution in [3.8, 4) is 17.2 Å². The third-order valence-corrected chi connectivity index (χ3v) is 5.75. The van der Waals surface area contributed by atoms with Crippen molar-refractivity contribution in [1.29, 1.82) is 0 Å². The Morgan fingerprint density at radius 3 is 2.49 bits per heavy atom.